The van der Waals surface area contributed by atoms with E-state index in [2.05, 4.69) is 23.8 Å². The number of aryl methyl sites for hydroxylation is 1. The summed E-state index contributed by atoms with van der Waals surface area (Å²) in [6, 6.07) is 6.03. The van der Waals surface area contributed by atoms with Gasteiger partial charge in [0.2, 0.25) is 0 Å². The maximum atomic E-state index is 13.0. The van der Waals surface area contributed by atoms with Crippen LogP contribution in [0.1, 0.15) is 65.5 Å². The van der Waals surface area contributed by atoms with Gasteiger partial charge in [0.15, 0.2) is 0 Å². The van der Waals surface area contributed by atoms with Crippen molar-refractivity contribution in [2.45, 2.75) is 45.6 Å². The number of nitrogens with zero attached hydrogens (tertiary/aromatic N) is 5. The predicted molar refractivity (Wildman–Crippen MR) is 105 cm³/mol. The second kappa shape index (κ2) is 7.23. The Morgan fingerprint density at radius 2 is 2.15 bits per heavy atom. The van der Waals surface area contributed by atoms with Crippen LogP contribution in [0.2, 0.25) is 0 Å². The second-order valence-corrected chi connectivity index (χ2v) is 8.01. The van der Waals surface area contributed by atoms with Gasteiger partial charge in [-0.25, -0.2) is 15.0 Å². The monoisotopic (exact) mass is 381 g/mol. The highest BCUT2D eigenvalue weighted by atomic mass is 32.1. The molecule has 7 heteroatoms. The van der Waals surface area contributed by atoms with E-state index in [1.54, 1.807) is 5.51 Å². The van der Waals surface area contributed by atoms with Crippen molar-refractivity contribution in [2.75, 3.05) is 6.54 Å². The van der Waals surface area contributed by atoms with Gasteiger partial charge in [0.1, 0.15) is 16.5 Å². The number of carbonyl (C=O) groups is 1. The molecule has 4 heterocycles. The predicted octanol–water partition coefficient (Wildman–Crippen LogP) is 4.13. The van der Waals surface area contributed by atoms with E-state index >= 15 is 0 Å². The minimum atomic E-state index is 0.00460. The van der Waals surface area contributed by atoms with Crippen LogP contribution in [0.4, 0.5) is 0 Å². The van der Waals surface area contributed by atoms with Crippen LogP contribution in [0.25, 0.3) is 5.82 Å². The number of carbonyl (C=O) groups excluding carboxylic acids is 1. The topological polar surface area (TPSA) is 63.9 Å². The fourth-order valence-electron chi connectivity index (χ4n) is 3.65. The summed E-state index contributed by atoms with van der Waals surface area (Å²) >= 11 is 1.41. The van der Waals surface area contributed by atoms with Gasteiger partial charge in [0, 0.05) is 24.9 Å². The first kappa shape index (κ1) is 17.9. The number of likely N-dealkylation sites (tertiary alicyclic amines) is 1. The van der Waals surface area contributed by atoms with Gasteiger partial charge in [0.25, 0.3) is 5.91 Å². The molecule has 3 aromatic heterocycles. The quantitative estimate of drug-likeness (QED) is 0.681. The maximum Gasteiger partial charge on any atom is 0.266 e. The van der Waals surface area contributed by atoms with Crippen molar-refractivity contribution in [3.8, 4) is 5.82 Å². The van der Waals surface area contributed by atoms with Gasteiger partial charge in [-0.2, -0.15) is 0 Å². The van der Waals surface area contributed by atoms with Crippen LogP contribution in [-0.2, 0) is 0 Å². The molecule has 1 fully saturated rings. The first-order valence-corrected chi connectivity index (χ1v) is 10.2. The summed E-state index contributed by atoms with van der Waals surface area (Å²) in [6.07, 6.45) is 5.67. The molecule has 3 aromatic rings. The Morgan fingerprint density at radius 1 is 1.30 bits per heavy atom. The van der Waals surface area contributed by atoms with E-state index in [1.165, 1.54) is 11.3 Å². The SMILES string of the molecule is Cc1ncsc1C(=O)N1CCC[C@@H]1c1cccc(-n2ccnc2C(C)C)n1. The first-order chi connectivity index (χ1) is 13.1. The summed E-state index contributed by atoms with van der Waals surface area (Å²) in [7, 11) is 0. The number of hydrogen-bond acceptors (Lipinski definition) is 5. The molecule has 0 aromatic carbocycles. The lowest BCUT2D eigenvalue weighted by Crippen LogP contribution is -2.31. The van der Waals surface area contributed by atoms with Crippen molar-refractivity contribution in [1.29, 1.82) is 0 Å². The van der Waals surface area contributed by atoms with Crippen LogP contribution in [0.3, 0.4) is 0 Å². The number of rotatable bonds is 4. The Hall–Kier alpha value is -2.54. The third kappa shape index (κ3) is 3.27. The number of amides is 1. The Balaban J connectivity index is 1.66. The normalized spacial score (nSPS) is 17.0. The number of aromatic nitrogens is 4. The lowest BCUT2D eigenvalue weighted by atomic mass is 10.1. The Labute approximate surface area is 162 Å². The maximum absolute atomic E-state index is 13.0. The Morgan fingerprint density at radius 3 is 2.89 bits per heavy atom. The average Bonchev–Trinajstić information content (AvgIpc) is 3.41. The van der Waals surface area contributed by atoms with Crippen LogP contribution >= 0.6 is 11.3 Å². The third-order valence-electron chi connectivity index (χ3n) is 4.98. The fourth-order valence-corrected chi connectivity index (χ4v) is 4.41. The lowest BCUT2D eigenvalue weighted by Gasteiger charge is -2.24. The summed E-state index contributed by atoms with van der Waals surface area (Å²) in [6.45, 7) is 6.89. The molecule has 0 aliphatic carbocycles. The van der Waals surface area contributed by atoms with Gasteiger partial charge < -0.3 is 4.90 Å². The van der Waals surface area contributed by atoms with E-state index < -0.39 is 0 Å². The van der Waals surface area contributed by atoms with E-state index in [0.29, 0.717) is 5.92 Å². The van der Waals surface area contributed by atoms with Crippen LogP contribution in [0.5, 0.6) is 0 Å². The highest BCUT2D eigenvalue weighted by Crippen LogP contribution is 2.33. The minimum Gasteiger partial charge on any atom is -0.329 e. The highest BCUT2D eigenvalue weighted by molar-refractivity contribution is 7.11. The van der Waals surface area contributed by atoms with Crippen LogP contribution in [0, 0.1) is 6.92 Å². The molecule has 1 amide bonds. The van der Waals surface area contributed by atoms with Crippen molar-refractivity contribution in [3.63, 3.8) is 0 Å². The number of thiazole rings is 1. The number of hydrogen-bond donors (Lipinski definition) is 0. The summed E-state index contributed by atoms with van der Waals surface area (Å²) in [5, 5.41) is 0. The number of imidazole rings is 1. The molecule has 0 spiro atoms. The van der Waals surface area contributed by atoms with Crippen molar-refractivity contribution in [3.05, 3.63) is 58.2 Å². The smallest absolute Gasteiger partial charge is 0.266 e. The van der Waals surface area contributed by atoms with Crippen LogP contribution in [0.15, 0.2) is 36.1 Å². The van der Waals surface area contributed by atoms with E-state index in [-0.39, 0.29) is 11.9 Å². The molecule has 27 heavy (non-hydrogen) atoms. The molecule has 140 valence electrons. The molecular formula is C20H23N5OS. The molecule has 1 aliphatic rings. The summed E-state index contributed by atoms with van der Waals surface area (Å²) in [4.78, 5) is 29.3. The molecule has 4 rings (SSSR count). The zero-order valence-electron chi connectivity index (χ0n) is 15.8. The molecular weight excluding hydrogens is 358 g/mol. The molecule has 0 N–H and O–H groups in total. The molecule has 1 aliphatic heterocycles. The zero-order valence-corrected chi connectivity index (χ0v) is 16.6. The van der Waals surface area contributed by atoms with Gasteiger partial charge >= 0.3 is 0 Å². The molecule has 0 radical (unpaired) electrons. The Kier molecular flexibility index (Phi) is 4.78. The molecule has 0 bridgehead atoms. The van der Waals surface area contributed by atoms with Gasteiger partial charge in [-0.3, -0.25) is 9.36 Å². The third-order valence-corrected chi connectivity index (χ3v) is 5.90. The van der Waals surface area contributed by atoms with E-state index in [4.69, 9.17) is 4.98 Å². The zero-order chi connectivity index (χ0) is 19.0. The van der Waals surface area contributed by atoms with Crippen molar-refractivity contribution in [1.82, 2.24) is 24.4 Å². The van der Waals surface area contributed by atoms with Gasteiger partial charge in [-0.15, -0.1) is 11.3 Å². The van der Waals surface area contributed by atoms with Gasteiger partial charge in [-0.1, -0.05) is 19.9 Å². The Bertz CT molecular complexity index is 961. The summed E-state index contributed by atoms with van der Waals surface area (Å²) in [5.41, 5.74) is 3.47. The molecule has 0 saturated carbocycles. The molecule has 1 saturated heterocycles. The summed E-state index contributed by atoms with van der Waals surface area (Å²) in [5.74, 6) is 2.21. The average molecular weight is 382 g/mol. The van der Waals surface area contributed by atoms with Crippen LogP contribution < -0.4 is 0 Å². The molecule has 0 unspecified atom stereocenters. The van der Waals surface area contributed by atoms with Gasteiger partial charge in [0.05, 0.1) is 22.9 Å². The summed E-state index contributed by atoms with van der Waals surface area (Å²) < 4.78 is 2.03. The second-order valence-electron chi connectivity index (χ2n) is 7.15. The fraction of sp³-hybridized carbons (Fsp3) is 0.400. The first-order valence-electron chi connectivity index (χ1n) is 9.28. The highest BCUT2D eigenvalue weighted by Gasteiger charge is 2.33. The van der Waals surface area contributed by atoms with E-state index in [0.717, 1.165) is 47.3 Å². The largest absolute Gasteiger partial charge is 0.329 e. The number of pyridine rings is 1. The molecule has 1 atom stereocenters. The molecule has 6 nitrogen and oxygen atoms in total. The minimum absolute atomic E-state index is 0.00460. The van der Waals surface area contributed by atoms with Crippen molar-refractivity contribution < 1.29 is 4.79 Å². The van der Waals surface area contributed by atoms with Gasteiger partial charge in [-0.05, 0) is 31.9 Å². The van der Waals surface area contributed by atoms with Crippen molar-refractivity contribution >= 4 is 17.2 Å². The lowest BCUT2D eigenvalue weighted by molar-refractivity contribution is 0.0737. The van der Waals surface area contributed by atoms with Crippen molar-refractivity contribution in [2.24, 2.45) is 0 Å². The van der Waals surface area contributed by atoms with E-state index in [9.17, 15) is 4.79 Å². The van der Waals surface area contributed by atoms with Crippen LogP contribution in [-0.4, -0.2) is 36.9 Å². The van der Waals surface area contributed by atoms with E-state index in [1.807, 2.05) is 47.0 Å². The standard InChI is InChI=1S/C20H23N5OS/c1-13(2)19-21-9-11-25(19)17-8-4-6-15(23-17)16-7-5-10-24(16)20(26)18-14(3)22-12-27-18/h4,6,8-9,11-13,16H,5,7,10H2,1-3H3/t16-/m1/s1.